The Hall–Kier alpha value is -1.85. The Bertz CT molecular complexity index is 864. The molecule has 6 heteroatoms. The summed E-state index contributed by atoms with van der Waals surface area (Å²) < 4.78 is 19.7. The maximum Gasteiger partial charge on any atom is 0.137 e. The van der Waals surface area contributed by atoms with Gasteiger partial charge in [-0.1, -0.05) is 42.5 Å². The fraction of sp³-hybridized carbons (Fsp3) is 0.304. The first kappa shape index (κ1) is 23.4. The predicted molar refractivity (Wildman–Crippen MR) is 120 cm³/mol. The number of hydrogen-bond donors (Lipinski definition) is 1. The Morgan fingerprint density at radius 1 is 0.897 bits per heavy atom. The lowest BCUT2D eigenvalue weighted by atomic mass is 10.0. The van der Waals surface area contributed by atoms with Gasteiger partial charge in [0.2, 0.25) is 0 Å². The Labute approximate surface area is 184 Å². The highest BCUT2D eigenvalue weighted by molar-refractivity contribution is 5.85. The molecule has 156 valence electrons. The highest BCUT2D eigenvalue weighted by Gasteiger charge is 2.19. The molecule has 2 heterocycles. The quantitative estimate of drug-likeness (QED) is 0.538. The van der Waals surface area contributed by atoms with Gasteiger partial charge in [-0.3, -0.25) is 4.90 Å². The summed E-state index contributed by atoms with van der Waals surface area (Å²) >= 11 is 0. The van der Waals surface area contributed by atoms with Gasteiger partial charge in [0.25, 0.3) is 0 Å². The molecule has 0 saturated carbocycles. The predicted octanol–water partition coefficient (Wildman–Crippen LogP) is 5.68. The van der Waals surface area contributed by atoms with E-state index in [0.29, 0.717) is 23.9 Å². The molecule has 1 aliphatic heterocycles. The molecule has 0 atom stereocenters. The summed E-state index contributed by atoms with van der Waals surface area (Å²) in [5.74, 6) is 1.18. The molecule has 3 nitrogen and oxygen atoms in total. The molecule has 29 heavy (non-hydrogen) atoms. The van der Waals surface area contributed by atoms with Crippen LogP contribution in [0.3, 0.4) is 0 Å². The molecule has 1 saturated heterocycles. The molecule has 0 bridgehead atoms. The Morgan fingerprint density at radius 2 is 1.59 bits per heavy atom. The third-order valence-corrected chi connectivity index (χ3v) is 5.20. The number of likely N-dealkylation sites (tertiary alicyclic amines) is 1. The number of nitrogens with zero attached hydrogens (tertiary/aromatic N) is 1. The molecule has 3 aromatic rings. The van der Waals surface area contributed by atoms with Crippen molar-refractivity contribution in [2.75, 3.05) is 13.1 Å². The first-order valence-corrected chi connectivity index (χ1v) is 9.61. The van der Waals surface area contributed by atoms with Crippen molar-refractivity contribution in [3.63, 3.8) is 0 Å². The third-order valence-electron chi connectivity index (χ3n) is 5.20. The van der Waals surface area contributed by atoms with Crippen LogP contribution in [0.5, 0.6) is 0 Å². The number of rotatable bonds is 6. The van der Waals surface area contributed by atoms with Gasteiger partial charge in [0.1, 0.15) is 17.3 Å². The van der Waals surface area contributed by atoms with Gasteiger partial charge in [-0.25, -0.2) is 4.39 Å². The molecule has 0 unspecified atom stereocenters. The minimum atomic E-state index is -0.253. The van der Waals surface area contributed by atoms with E-state index < -0.39 is 0 Å². The first-order chi connectivity index (χ1) is 13.3. The SMILES string of the molecule is Cl.Cl.Fc1ccccc1-c1ccc(CNC2CCN(Cc3ccccc3)CC2)o1. The van der Waals surface area contributed by atoms with E-state index in [2.05, 4.69) is 40.5 Å². The molecule has 1 aliphatic rings. The highest BCUT2D eigenvalue weighted by Crippen LogP contribution is 2.25. The van der Waals surface area contributed by atoms with E-state index in [1.807, 2.05) is 18.2 Å². The molecule has 1 N–H and O–H groups in total. The Balaban J connectivity index is 0.00000150. The Morgan fingerprint density at radius 3 is 2.31 bits per heavy atom. The van der Waals surface area contributed by atoms with E-state index in [4.69, 9.17) is 4.42 Å². The minimum Gasteiger partial charge on any atom is -0.460 e. The van der Waals surface area contributed by atoms with Crippen molar-refractivity contribution >= 4 is 24.8 Å². The van der Waals surface area contributed by atoms with Gasteiger partial charge >= 0.3 is 0 Å². The molecule has 0 radical (unpaired) electrons. The van der Waals surface area contributed by atoms with E-state index in [0.717, 1.165) is 38.2 Å². The second kappa shape index (κ2) is 11.4. The smallest absolute Gasteiger partial charge is 0.137 e. The molecule has 0 amide bonds. The lowest BCUT2D eigenvalue weighted by Crippen LogP contribution is -2.41. The van der Waals surface area contributed by atoms with Gasteiger partial charge < -0.3 is 9.73 Å². The van der Waals surface area contributed by atoms with Gasteiger partial charge in [-0.15, -0.1) is 24.8 Å². The molecule has 4 rings (SSSR count). The van der Waals surface area contributed by atoms with Crippen LogP contribution in [0.2, 0.25) is 0 Å². The molecule has 0 spiro atoms. The number of hydrogen-bond acceptors (Lipinski definition) is 3. The normalized spacial score (nSPS) is 14.8. The molecule has 1 aromatic heterocycles. The van der Waals surface area contributed by atoms with E-state index in [9.17, 15) is 4.39 Å². The van der Waals surface area contributed by atoms with Crippen LogP contribution in [0.25, 0.3) is 11.3 Å². The van der Waals surface area contributed by atoms with Crippen molar-refractivity contribution in [1.82, 2.24) is 10.2 Å². The van der Waals surface area contributed by atoms with Crippen molar-refractivity contribution in [2.45, 2.75) is 32.0 Å². The van der Waals surface area contributed by atoms with E-state index >= 15 is 0 Å². The minimum absolute atomic E-state index is 0. The summed E-state index contributed by atoms with van der Waals surface area (Å²) in [5.41, 5.74) is 1.89. The van der Waals surface area contributed by atoms with Gasteiger partial charge in [-0.2, -0.15) is 0 Å². The highest BCUT2D eigenvalue weighted by atomic mass is 35.5. The van der Waals surface area contributed by atoms with Gasteiger partial charge in [0.05, 0.1) is 12.1 Å². The summed E-state index contributed by atoms with van der Waals surface area (Å²) in [5, 5.41) is 3.59. The lowest BCUT2D eigenvalue weighted by Gasteiger charge is -2.32. The summed E-state index contributed by atoms with van der Waals surface area (Å²) in [4.78, 5) is 2.51. The van der Waals surface area contributed by atoms with Crippen molar-refractivity contribution in [3.8, 4) is 11.3 Å². The average Bonchev–Trinajstić information content (AvgIpc) is 3.17. The van der Waals surface area contributed by atoms with Crippen LogP contribution in [-0.2, 0) is 13.1 Å². The second-order valence-electron chi connectivity index (χ2n) is 7.16. The maximum absolute atomic E-state index is 13.9. The summed E-state index contributed by atoms with van der Waals surface area (Å²) in [6.45, 7) is 3.91. The molecular weight excluding hydrogens is 410 g/mol. The molecule has 0 aliphatic carbocycles. The van der Waals surface area contributed by atoms with Crippen LogP contribution in [0.15, 0.2) is 71.1 Å². The molecule has 1 fully saturated rings. The van der Waals surface area contributed by atoms with Crippen LogP contribution in [0.4, 0.5) is 4.39 Å². The van der Waals surface area contributed by atoms with Gasteiger partial charge in [0, 0.05) is 12.6 Å². The summed E-state index contributed by atoms with van der Waals surface area (Å²) in [7, 11) is 0. The van der Waals surface area contributed by atoms with Crippen LogP contribution in [0.1, 0.15) is 24.2 Å². The van der Waals surface area contributed by atoms with Crippen molar-refractivity contribution in [2.24, 2.45) is 0 Å². The lowest BCUT2D eigenvalue weighted by molar-refractivity contribution is 0.189. The largest absolute Gasteiger partial charge is 0.460 e. The van der Waals surface area contributed by atoms with E-state index in [-0.39, 0.29) is 30.6 Å². The summed E-state index contributed by atoms with van der Waals surface area (Å²) in [6, 6.07) is 21.6. The van der Waals surface area contributed by atoms with Crippen molar-refractivity contribution in [3.05, 3.63) is 83.9 Å². The van der Waals surface area contributed by atoms with Gasteiger partial charge in [0.15, 0.2) is 0 Å². The fourth-order valence-corrected chi connectivity index (χ4v) is 3.66. The number of halogens is 3. The van der Waals surface area contributed by atoms with Crippen LogP contribution >= 0.6 is 24.8 Å². The second-order valence-corrected chi connectivity index (χ2v) is 7.16. The average molecular weight is 437 g/mol. The van der Waals surface area contributed by atoms with Crippen molar-refractivity contribution in [1.29, 1.82) is 0 Å². The van der Waals surface area contributed by atoms with Crippen LogP contribution < -0.4 is 5.32 Å². The van der Waals surface area contributed by atoms with E-state index in [1.165, 1.54) is 11.6 Å². The zero-order valence-electron chi connectivity index (χ0n) is 16.2. The maximum atomic E-state index is 13.9. The third kappa shape index (κ3) is 6.31. The molecular formula is C23H27Cl2FN2O. The number of benzene rings is 2. The van der Waals surface area contributed by atoms with Crippen molar-refractivity contribution < 1.29 is 8.81 Å². The monoisotopic (exact) mass is 436 g/mol. The molecule has 2 aromatic carbocycles. The van der Waals surface area contributed by atoms with E-state index in [1.54, 1.807) is 12.1 Å². The van der Waals surface area contributed by atoms with Crippen LogP contribution in [0, 0.1) is 5.82 Å². The zero-order valence-corrected chi connectivity index (χ0v) is 17.9. The summed E-state index contributed by atoms with van der Waals surface area (Å²) in [6.07, 6.45) is 2.27. The number of piperidine rings is 1. The Kier molecular flexibility index (Phi) is 9.18. The first-order valence-electron chi connectivity index (χ1n) is 9.61. The van der Waals surface area contributed by atoms with Crippen LogP contribution in [-0.4, -0.2) is 24.0 Å². The number of nitrogens with one attached hydrogen (secondary N) is 1. The topological polar surface area (TPSA) is 28.4 Å². The fourth-order valence-electron chi connectivity index (χ4n) is 3.66. The zero-order chi connectivity index (χ0) is 18.5. The van der Waals surface area contributed by atoms with Gasteiger partial charge in [-0.05, 0) is 55.8 Å². The number of furan rings is 1. The standard InChI is InChI=1S/C23H25FN2O.2ClH/c24-22-9-5-4-8-21(22)23-11-10-20(27-23)16-25-19-12-14-26(15-13-19)17-18-6-2-1-3-7-18;;/h1-11,19,25H,12-17H2;2*1H.